The van der Waals surface area contributed by atoms with Crippen LogP contribution in [0.5, 0.6) is 0 Å². The summed E-state index contributed by atoms with van der Waals surface area (Å²) in [5.74, 6) is 0. The lowest BCUT2D eigenvalue weighted by molar-refractivity contribution is -0.384. The molecular formula is C15H24N4O5S. The Morgan fingerprint density at radius 1 is 1.24 bits per heavy atom. The fourth-order valence-electron chi connectivity index (χ4n) is 3.26. The number of likely N-dealkylation sites (tertiary alicyclic amines) is 1. The van der Waals surface area contributed by atoms with Crippen LogP contribution in [0.3, 0.4) is 0 Å². The predicted molar refractivity (Wildman–Crippen MR) is 95.0 cm³/mol. The van der Waals surface area contributed by atoms with E-state index in [1.807, 2.05) is 6.07 Å². The van der Waals surface area contributed by atoms with E-state index in [-0.39, 0.29) is 16.7 Å². The zero-order chi connectivity index (χ0) is 18.2. The van der Waals surface area contributed by atoms with Gasteiger partial charge in [-0.3, -0.25) is 15.0 Å². The Morgan fingerprint density at radius 2 is 1.88 bits per heavy atom. The fourth-order valence-corrected chi connectivity index (χ4v) is 3.26. The first kappa shape index (κ1) is 19.6. The van der Waals surface area contributed by atoms with Gasteiger partial charge in [0, 0.05) is 44.5 Å². The summed E-state index contributed by atoms with van der Waals surface area (Å²) in [5, 5.41) is 18.5. The zero-order valence-electron chi connectivity index (χ0n) is 13.9. The lowest BCUT2D eigenvalue weighted by atomic mass is 10.1. The molecule has 2 aliphatic heterocycles. The molecule has 25 heavy (non-hydrogen) atoms. The molecular weight excluding hydrogens is 348 g/mol. The summed E-state index contributed by atoms with van der Waals surface area (Å²) >= 11 is 0. The largest absolute Gasteiger partial charge is 0.381 e. The van der Waals surface area contributed by atoms with Crippen LogP contribution in [0.4, 0.5) is 11.4 Å². The van der Waals surface area contributed by atoms with Crippen molar-refractivity contribution in [1.82, 2.24) is 4.90 Å². The third kappa shape index (κ3) is 6.24. The lowest BCUT2D eigenvalue weighted by Gasteiger charge is -2.31. The van der Waals surface area contributed by atoms with Gasteiger partial charge < -0.3 is 10.1 Å². The third-order valence-corrected chi connectivity index (χ3v) is 4.39. The van der Waals surface area contributed by atoms with E-state index in [2.05, 4.69) is 15.4 Å². The number of anilines is 1. The Bertz CT molecular complexity index is 641. The molecule has 2 aliphatic rings. The molecule has 3 N–H and O–H groups in total. The van der Waals surface area contributed by atoms with Gasteiger partial charge in [-0.1, -0.05) is 12.1 Å². The van der Waals surface area contributed by atoms with Crippen molar-refractivity contribution in [2.24, 2.45) is 5.14 Å². The van der Waals surface area contributed by atoms with Crippen LogP contribution in [0.25, 0.3) is 0 Å². The topological polar surface area (TPSA) is 128 Å². The van der Waals surface area contributed by atoms with Crippen LogP contribution < -0.4 is 10.5 Å². The first-order valence-electron chi connectivity index (χ1n) is 8.18. The minimum absolute atomic E-state index is 0.155. The highest BCUT2D eigenvalue weighted by Gasteiger charge is 2.30. The second-order valence-electron chi connectivity index (χ2n) is 6.03. The van der Waals surface area contributed by atoms with E-state index in [0.717, 1.165) is 45.6 Å². The van der Waals surface area contributed by atoms with Crippen LogP contribution in [0.1, 0.15) is 19.3 Å². The van der Waals surface area contributed by atoms with E-state index in [1.54, 1.807) is 18.2 Å². The van der Waals surface area contributed by atoms with Crippen LogP contribution in [0.2, 0.25) is 0 Å². The third-order valence-electron chi connectivity index (χ3n) is 4.39. The molecule has 0 amide bonds. The van der Waals surface area contributed by atoms with Crippen molar-refractivity contribution in [3.63, 3.8) is 0 Å². The number of nitro groups is 1. The number of nitrogens with one attached hydrogen (secondary N) is 1. The molecule has 1 atom stereocenters. The number of nitrogens with zero attached hydrogens (tertiary/aromatic N) is 2. The molecule has 9 nitrogen and oxygen atoms in total. The Hall–Kier alpha value is -1.75. The van der Waals surface area contributed by atoms with E-state index in [9.17, 15) is 10.1 Å². The van der Waals surface area contributed by atoms with E-state index < -0.39 is 10.9 Å². The van der Waals surface area contributed by atoms with Crippen molar-refractivity contribution in [1.29, 1.82) is 0 Å². The van der Waals surface area contributed by atoms with Crippen LogP contribution in [0, 0.1) is 10.1 Å². The maximum Gasteiger partial charge on any atom is 0.292 e. The summed E-state index contributed by atoms with van der Waals surface area (Å²) in [6, 6.07) is 7.76. The van der Waals surface area contributed by atoms with E-state index in [4.69, 9.17) is 13.2 Å². The molecule has 10 heteroatoms. The molecule has 0 radical (unpaired) electrons. The number of benzene rings is 1. The standard InChI is InChI=1S/C15H21N3O3.H3NO2S/c19-18(20)15-4-2-1-3-14(15)16-12-5-8-17(11-12)13-6-9-21-10-7-13;1-4(2)3/h1-4,12-13,16H,5-11H2;4H,(H2,1,2,3)/t12-;/m1./s1. The quantitative estimate of drug-likeness (QED) is 0.404. The van der Waals surface area contributed by atoms with Gasteiger partial charge in [-0.2, -0.15) is 0 Å². The van der Waals surface area contributed by atoms with Gasteiger partial charge in [0.25, 0.3) is 5.69 Å². The Labute approximate surface area is 148 Å². The highest BCUT2D eigenvalue weighted by Crippen LogP contribution is 2.27. The Balaban J connectivity index is 0.000000511. The molecule has 0 bridgehead atoms. The number of nitro benzene ring substituents is 1. The number of hydrogen-bond donors (Lipinski definition) is 3. The van der Waals surface area contributed by atoms with Crippen molar-refractivity contribution in [3.8, 4) is 0 Å². The monoisotopic (exact) mass is 372 g/mol. The van der Waals surface area contributed by atoms with Gasteiger partial charge >= 0.3 is 0 Å². The van der Waals surface area contributed by atoms with Gasteiger partial charge in [0.2, 0.25) is 0 Å². The number of thiol groups is 1. The van der Waals surface area contributed by atoms with E-state index in [1.165, 1.54) is 0 Å². The number of rotatable bonds is 4. The summed E-state index contributed by atoms with van der Waals surface area (Å²) in [6.07, 6.45) is 3.22. The number of para-hydroxylation sites is 2. The summed E-state index contributed by atoms with van der Waals surface area (Å²) in [6.45, 7) is 3.71. The molecule has 1 aromatic carbocycles. The second kappa shape index (κ2) is 9.66. The van der Waals surface area contributed by atoms with Crippen molar-refractivity contribution in [3.05, 3.63) is 34.4 Å². The SMILES string of the molecule is N[SH](=O)=O.O=[N+]([O-])c1ccccc1N[C@@H]1CCN(C2CCOCC2)C1. The van der Waals surface area contributed by atoms with E-state index in [0.29, 0.717) is 11.7 Å². The van der Waals surface area contributed by atoms with Crippen molar-refractivity contribution >= 4 is 22.3 Å². The average molecular weight is 372 g/mol. The highest BCUT2D eigenvalue weighted by atomic mass is 32.2. The van der Waals surface area contributed by atoms with Crippen LogP contribution in [-0.2, 0) is 15.6 Å². The average Bonchev–Trinajstić information content (AvgIpc) is 3.04. The summed E-state index contributed by atoms with van der Waals surface area (Å²) in [5.41, 5.74) is 0.781. The number of nitrogens with two attached hydrogens (primary N) is 1. The first-order valence-corrected chi connectivity index (χ1v) is 9.43. The van der Waals surface area contributed by atoms with Gasteiger partial charge in [0.1, 0.15) is 5.69 Å². The molecule has 0 aliphatic carbocycles. The van der Waals surface area contributed by atoms with Crippen LogP contribution in [-0.4, -0.2) is 56.6 Å². The van der Waals surface area contributed by atoms with Gasteiger partial charge in [-0.05, 0) is 25.3 Å². The molecule has 2 heterocycles. The maximum absolute atomic E-state index is 11.0. The van der Waals surface area contributed by atoms with Gasteiger partial charge in [0.05, 0.1) is 4.92 Å². The molecule has 0 saturated carbocycles. The molecule has 2 fully saturated rings. The number of ether oxygens (including phenoxy) is 1. The summed E-state index contributed by atoms with van der Waals surface area (Å²) < 4.78 is 23.0. The predicted octanol–water partition coefficient (Wildman–Crippen LogP) is 0.732. The molecule has 3 rings (SSSR count). The minimum atomic E-state index is -2.62. The van der Waals surface area contributed by atoms with Crippen LogP contribution in [0.15, 0.2) is 24.3 Å². The molecule has 0 spiro atoms. The van der Waals surface area contributed by atoms with Gasteiger partial charge in [-0.15, -0.1) is 0 Å². The van der Waals surface area contributed by atoms with E-state index >= 15 is 0 Å². The molecule has 140 valence electrons. The van der Waals surface area contributed by atoms with Gasteiger partial charge in [-0.25, -0.2) is 13.6 Å². The molecule has 0 unspecified atom stereocenters. The number of hydrogen-bond acceptors (Lipinski definition) is 7. The van der Waals surface area contributed by atoms with Crippen LogP contribution >= 0.6 is 0 Å². The minimum Gasteiger partial charge on any atom is -0.381 e. The maximum atomic E-state index is 11.0. The van der Waals surface area contributed by atoms with Crippen molar-refractivity contribution in [2.75, 3.05) is 31.6 Å². The zero-order valence-corrected chi connectivity index (χ0v) is 14.8. The lowest BCUT2D eigenvalue weighted by Crippen LogP contribution is -2.39. The normalized spacial score (nSPS) is 21.6. The molecule has 1 aromatic rings. The highest BCUT2D eigenvalue weighted by molar-refractivity contribution is 7.69. The summed E-state index contributed by atoms with van der Waals surface area (Å²) in [7, 11) is -2.62. The smallest absolute Gasteiger partial charge is 0.292 e. The molecule has 0 aromatic heterocycles. The molecule has 2 saturated heterocycles. The Kier molecular flexibility index (Phi) is 7.56. The summed E-state index contributed by atoms with van der Waals surface area (Å²) in [4.78, 5) is 13.2. The Morgan fingerprint density at radius 3 is 2.52 bits per heavy atom. The first-order chi connectivity index (χ1) is 12.0. The fraction of sp³-hybridized carbons (Fsp3) is 0.600. The second-order valence-corrected chi connectivity index (χ2v) is 6.60. The van der Waals surface area contributed by atoms with Crippen molar-refractivity contribution < 1.29 is 18.1 Å². The van der Waals surface area contributed by atoms with Crippen molar-refractivity contribution in [2.45, 2.75) is 31.3 Å². The van der Waals surface area contributed by atoms with Gasteiger partial charge in [0.15, 0.2) is 10.9 Å².